The Kier molecular flexibility index (Phi) is 5.18. The maximum absolute atomic E-state index is 13.1. The number of carbonyl (C=O) groups excluding carboxylic acids is 1. The van der Waals surface area contributed by atoms with E-state index in [1.165, 1.54) is 0 Å². The largest absolute Gasteiger partial charge is 0.497 e. The summed E-state index contributed by atoms with van der Waals surface area (Å²) in [5, 5.41) is 2.44. The molecule has 0 aliphatic rings. The second kappa shape index (κ2) is 7.51. The molecule has 0 bridgehead atoms. The molecule has 0 N–H and O–H groups in total. The highest BCUT2D eigenvalue weighted by atomic mass is 35.5. The van der Waals surface area contributed by atoms with Gasteiger partial charge in [-0.2, -0.15) is 0 Å². The average Bonchev–Trinajstić information content (AvgIpc) is 3.13. The third kappa shape index (κ3) is 3.61. The molecule has 0 spiro atoms. The lowest BCUT2D eigenvalue weighted by molar-refractivity contribution is 0.0985. The zero-order valence-electron chi connectivity index (χ0n) is 13.1. The topological polar surface area (TPSA) is 29.5 Å². The van der Waals surface area contributed by atoms with E-state index in [1.54, 1.807) is 35.5 Å². The van der Waals surface area contributed by atoms with Crippen molar-refractivity contribution >= 4 is 34.5 Å². The maximum Gasteiger partial charge on any atom is 0.260 e. The number of nitrogens with zero attached hydrogens (tertiary/aromatic N) is 1. The fourth-order valence-electron chi connectivity index (χ4n) is 2.40. The summed E-state index contributed by atoms with van der Waals surface area (Å²) in [5.74, 6) is 0.567. The lowest BCUT2D eigenvalue weighted by Crippen LogP contribution is -2.30. The van der Waals surface area contributed by atoms with Crippen molar-refractivity contribution in [2.75, 3.05) is 12.0 Å². The van der Waals surface area contributed by atoms with Crippen LogP contribution in [0.1, 0.15) is 15.2 Å². The van der Waals surface area contributed by atoms with Gasteiger partial charge in [-0.05, 0) is 35.7 Å². The van der Waals surface area contributed by atoms with Crippen molar-refractivity contribution in [3.63, 3.8) is 0 Å². The summed E-state index contributed by atoms with van der Waals surface area (Å²) in [6.45, 7) is 0.481. The van der Waals surface area contributed by atoms with Crippen molar-refractivity contribution in [2.45, 2.75) is 6.54 Å². The van der Waals surface area contributed by atoms with Crippen molar-refractivity contribution < 1.29 is 9.53 Å². The quantitative estimate of drug-likeness (QED) is 0.623. The summed E-state index contributed by atoms with van der Waals surface area (Å²) in [4.78, 5) is 15.9. The summed E-state index contributed by atoms with van der Waals surface area (Å²) < 4.78 is 5.29. The van der Waals surface area contributed by atoms with Crippen LogP contribution in [0.2, 0.25) is 5.02 Å². The molecular formula is C19H16ClNO2S. The zero-order valence-corrected chi connectivity index (χ0v) is 14.7. The lowest BCUT2D eigenvalue weighted by Gasteiger charge is -2.23. The van der Waals surface area contributed by atoms with Crippen molar-refractivity contribution in [1.82, 2.24) is 0 Å². The van der Waals surface area contributed by atoms with Crippen LogP contribution in [-0.4, -0.2) is 13.0 Å². The van der Waals surface area contributed by atoms with Gasteiger partial charge in [0.05, 0.1) is 24.2 Å². The summed E-state index contributed by atoms with van der Waals surface area (Å²) in [6.07, 6.45) is 0. The van der Waals surface area contributed by atoms with Crippen LogP contribution in [0.25, 0.3) is 0 Å². The normalized spacial score (nSPS) is 10.4. The fourth-order valence-corrected chi connectivity index (χ4v) is 3.31. The Balaban J connectivity index is 2.01. The van der Waals surface area contributed by atoms with Crippen LogP contribution in [0.3, 0.4) is 0 Å². The molecule has 122 valence electrons. The van der Waals surface area contributed by atoms with Gasteiger partial charge in [-0.25, -0.2) is 0 Å². The van der Waals surface area contributed by atoms with Crippen LogP contribution < -0.4 is 9.64 Å². The van der Waals surface area contributed by atoms with E-state index in [2.05, 4.69) is 0 Å². The maximum atomic E-state index is 13.1. The first-order valence-electron chi connectivity index (χ1n) is 7.42. The summed E-state index contributed by atoms with van der Waals surface area (Å²) in [5.41, 5.74) is 1.26. The second-order valence-corrected chi connectivity index (χ2v) is 6.59. The summed E-state index contributed by atoms with van der Waals surface area (Å²) in [7, 11) is 1.61. The molecule has 0 saturated carbocycles. The lowest BCUT2D eigenvalue weighted by atomic mass is 10.1. The van der Waals surface area contributed by atoms with Crippen LogP contribution in [0.4, 0.5) is 5.69 Å². The molecule has 2 aromatic carbocycles. The van der Waals surface area contributed by atoms with Gasteiger partial charge in [-0.1, -0.05) is 35.9 Å². The Labute approximate surface area is 150 Å². The van der Waals surface area contributed by atoms with Crippen molar-refractivity contribution in [2.24, 2.45) is 0 Å². The molecule has 0 fully saturated rings. The number of benzene rings is 2. The number of methoxy groups -OCH3 is 1. The fraction of sp³-hybridized carbons (Fsp3) is 0.105. The monoisotopic (exact) mass is 357 g/mol. The van der Waals surface area contributed by atoms with Crippen LogP contribution in [0.5, 0.6) is 5.75 Å². The Morgan fingerprint density at radius 3 is 2.67 bits per heavy atom. The number of anilines is 1. The molecule has 0 aliphatic heterocycles. The minimum Gasteiger partial charge on any atom is -0.497 e. The van der Waals surface area contributed by atoms with E-state index in [1.807, 2.05) is 53.9 Å². The number of amides is 1. The van der Waals surface area contributed by atoms with E-state index >= 15 is 0 Å². The first-order valence-corrected chi connectivity index (χ1v) is 8.67. The van der Waals surface area contributed by atoms with Crippen molar-refractivity contribution in [3.05, 3.63) is 81.5 Å². The second-order valence-electron chi connectivity index (χ2n) is 5.15. The molecule has 0 aliphatic carbocycles. The first-order chi connectivity index (χ1) is 11.7. The molecular weight excluding hydrogens is 342 g/mol. The number of halogens is 1. The van der Waals surface area contributed by atoms with Gasteiger partial charge < -0.3 is 9.64 Å². The van der Waals surface area contributed by atoms with Crippen molar-refractivity contribution in [3.8, 4) is 5.75 Å². The Morgan fingerprint density at radius 2 is 1.96 bits per heavy atom. The van der Waals surface area contributed by atoms with E-state index < -0.39 is 0 Å². The molecule has 5 heteroatoms. The first kappa shape index (κ1) is 16.6. The van der Waals surface area contributed by atoms with E-state index in [9.17, 15) is 4.79 Å². The number of hydrogen-bond donors (Lipinski definition) is 0. The third-order valence-electron chi connectivity index (χ3n) is 3.61. The number of carbonyl (C=O) groups is 1. The Hall–Kier alpha value is -2.30. The molecule has 0 saturated heterocycles. The third-order valence-corrected chi connectivity index (χ3v) is 4.80. The molecule has 1 aromatic heterocycles. The molecule has 0 atom stereocenters. The van der Waals surface area contributed by atoms with E-state index in [-0.39, 0.29) is 5.91 Å². The molecule has 3 nitrogen and oxygen atoms in total. The van der Waals surface area contributed by atoms with Gasteiger partial charge in [-0.15, -0.1) is 11.3 Å². The number of thiophene rings is 1. The molecule has 0 unspecified atom stereocenters. The van der Waals surface area contributed by atoms with Gasteiger partial charge in [0.15, 0.2) is 0 Å². The minimum atomic E-state index is -0.137. The van der Waals surface area contributed by atoms with Crippen LogP contribution in [0, 0.1) is 0 Å². The van der Waals surface area contributed by atoms with Crippen LogP contribution in [-0.2, 0) is 6.54 Å². The van der Waals surface area contributed by atoms with Gasteiger partial charge in [0.2, 0.25) is 0 Å². The molecule has 0 radical (unpaired) electrons. The van der Waals surface area contributed by atoms with E-state index in [0.29, 0.717) is 22.9 Å². The van der Waals surface area contributed by atoms with Gasteiger partial charge in [0.25, 0.3) is 5.91 Å². The highest BCUT2D eigenvalue weighted by Crippen LogP contribution is 2.27. The smallest absolute Gasteiger partial charge is 0.260 e. The number of rotatable bonds is 5. The van der Waals surface area contributed by atoms with Gasteiger partial charge in [0.1, 0.15) is 5.75 Å². The standard InChI is InChI=1S/C19H16ClNO2S/c1-23-15-7-4-6-14(12-15)21(13-16-8-5-11-24-16)19(22)17-9-2-3-10-18(17)20/h2-12H,13H2,1H3. The van der Waals surface area contributed by atoms with Gasteiger partial charge in [0, 0.05) is 16.6 Å². The molecule has 1 amide bonds. The molecule has 3 aromatic rings. The van der Waals surface area contributed by atoms with Gasteiger partial charge >= 0.3 is 0 Å². The molecule has 24 heavy (non-hydrogen) atoms. The van der Waals surface area contributed by atoms with Gasteiger partial charge in [-0.3, -0.25) is 4.79 Å². The molecule has 1 heterocycles. The predicted molar refractivity (Wildman–Crippen MR) is 99.3 cm³/mol. The highest BCUT2D eigenvalue weighted by molar-refractivity contribution is 7.09. The molecule has 3 rings (SSSR count). The number of hydrogen-bond acceptors (Lipinski definition) is 3. The summed E-state index contributed by atoms with van der Waals surface area (Å²) >= 11 is 7.84. The predicted octanol–water partition coefficient (Wildman–Crippen LogP) is 5.26. The number of ether oxygens (including phenoxy) is 1. The average molecular weight is 358 g/mol. The van der Waals surface area contributed by atoms with Crippen LogP contribution in [0.15, 0.2) is 66.0 Å². The zero-order chi connectivity index (χ0) is 16.9. The highest BCUT2D eigenvalue weighted by Gasteiger charge is 2.21. The minimum absolute atomic E-state index is 0.137. The Morgan fingerprint density at radius 1 is 1.12 bits per heavy atom. The van der Waals surface area contributed by atoms with Crippen molar-refractivity contribution in [1.29, 1.82) is 0 Å². The Bertz CT molecular complexity index is 833. The van der Waals surface area contributed by atoms with E-state index in [0.717, 1.165) is 10.6 Å². The van der Waals surface area contributed by atoms with Crippen LogP contribution >= 0.6 is 22.9 Å². The van der Waals surface area contributed by atoms with E-state index in [4.69, 9.17) is 16.3 Å². The SMILES string of the molecule is COc1cccc(N(Cc2cccs2)C(=O)c2ccccc2Cl)c1. The summed E-state index contributed by atoms with van der Waals surface area (Å²) in [6, 6.07) is 18.6.